The van der Waals surface area contributed by atoms with Gasteiger partial charge in [-0.05, 0) is 56.5 Å². The molecule has 2 aliphatic heterocycles. The first-order valence-corrected chi connectivity index (χ1v) is 16.3. The van der Waals surface area contributed by atoms with Crippen molar-refractivity contribution >= 4 is 23.4 Å². The number of pyridine rings is 1. The number of ether oxygens (including phenoxy) is 3. The molecular weight excluding hydrogens is 702 g/mol. The van der Waals surface area contributed by atoms with Gasteiger partial charge in [0, 0.05) is 25.6 Å². The van der Waals surface area contributed by atoms with Crippen molar-refractivity contribution in [2.75, 3.05) is 49.8 Å². The number of amides is 1. The van der Waals surface area contributed by atoms with Crippen LogP contribution in [0.1, 0.15) is 73.4 Å². The molecule has 2 aliphatic rings. The summed E-state index contributed by atoms with van der Waals surface area (Å²) in [6.45, 7) is 5.42. The quantitative estimate of drug-likeness (QED) is 0.249. The molecule has 1 saturated heterocycles. The average Bonchev–Trinajstić information content (AvgIpc) is 3.09. The number of halogens is 6. The Morgan fingerprint density at radius 1 is 1.02 bits per heavy atom. The van der Waals surface area contributed by atoms with Crippen molar-refractivity contribution in [1.29, 1.82) is 0 Å². The number of methoxy groups -OCH3 is 1. The highest BCUT2D eigenvalue weighted by Crippen LogP contribution is 2.46. The van der Waals surface area contributed by atoms with E-state index in [1.165, 1.54) is 44.2 Å². The SMILES string of the molecule is CC[C@]1(N)C[C@H](c2ncc(N3CCOCC3)c(Cc3cc(C(F)(F)F)cc(C(F)(F)F)c3)n2)c2nc(OC)ccc2N1C(=O)OCC(C)(C)C(=O)O. The summed E-state index contributed by atoms with van der Waals surface area (Å²) in [7, 11) is 1.38. The number of nitrogens with zero attached hydrogens (tertiary/aromatic N) is 5. The van der Waals surface area contributed by atoms with Gasteiger partial charge >= 0.3 is 24.4 Å². The monoisotopic (exact) mass is 740 g/mol. The molecule has 4 heterocycles. The molecule has 0 aliphatic carbocycles. The zero-order valence-corrected chi connectivity index (χ0v) is 28.8. The minimum Gasteiger partial charge on any atom is -0.481 e. The number of fused-ring (bicyclic) bond motifs is 1. The molecular formula is C34H38F6N6O6. The second-order valence-electron chi connectivity index (χ2n) is 13.3. The lowest BCUT2D eigenvalue weighted by Crippen LogP contribution is -2.62. The Morgan fingerprint density at radius 3 is 2.21 bits per heavy atom. The molecule has 3 aromatic rings. The molecule has 0 bridgehead atoms. The Labute approximate surface area is 294 Å². The predicted molar refractivity (Wildman–Crippen MR) is 174 cm³/mol. The van der Waals surface area contributed by atoms with Gasteiger partial charge in [0.1, 0.15) is 18.1 Å². The van der Waals surface area contributed by atoms with Crippen molar-refractivity contribution in [3.05, 3.63) is 70.4 Å². The van der Waals surface area contributed by atoms with Gasteiger partial charge in [0.15, 0.2) is 0 Å². The summed E-state index contributed by atoms with van der Waals surface area (Å²) < 4.78 is 98.9. The van der Waals surface area contributed by atoms with Gasteiger partial charge in [-0.2, -0.15) is 26.3 Å². The van der Waals surface area contributed by atoms with E-state index in [4.69, 9.17) is 24.9 Å². The van der Waals surface area contributed by atoms with Gasteiger partial charge in [-0.3, -0.25) is 9.69 Å². The molecule has 1 fully saturated rings. The summed E-state index contributed by atoms with van der Waals surface area (Å²) in [5.41, 5.74) is 1.81. The van der Waals surface area contributed by atoms with Crippen LogP contribution in [0.4, 0.5) is 42.5 Å². The van der Waals surface area contributed by atoms with Crippen LogP contribution < -0.4 is 20.3 Å². The highest BCUT2D eigenvalue weighted by molar-refractivity contribution is 5.91. The first-order chi connectivity index (χ1) is 24.3. The number of aromatic nitrogens is 3. The van der Waals surface area contributed by atoms with Crippen LogP contribution in [0.25, 0.3) is 0 Å². The molecule has 0 saturated carbocycles. The molecule has 2 aromatic heterocycles. The van der Waals surface area contributed by atoms with E-state index >= 15 is 0 Å². The Hall–Kier alpha value is -4.71. The van der Waals surface area contributed by atoms with Crippen LogP contribution in [0, 0.1) is 5.41 Å². The lowest BCUT2D eigenvalue weighted by molar-refractivity contribution is -0.149. The third kappa shape index (κ3) is 8.01. The highest BCUT2D eigenvalue weighted by atomic mass is 19.4. The van der Waals surface area contributed by atoms with Gasteiger partial charge in [-0.15, -0.1) is 0 Å². The van der Waals surface area contributed by atoms with Crippen LogP contribution in [-0.4, -0.2) is 77.8 Å². The van der Waals surface area contributed by atoms with Crippen molar-refractivity contribution in [3.63, 3.8) is 0 Å². The Morgan fingerprint density at radius 2 is 1.65 bits per heavy atom. The van der Waals surface area contributed by atoms with E-state index in [9.17, 15) is 41.0 Å². The van der Waals surface area contributed by atoms with Crippen LogP contribution in [0.3, 0.4) is 0 Å². The minimum absolute atomic E-state index is 0.0494. The Balaban J connectivity index is 1.63. The van der Waals surface area contributed by atoms with Gasteiger partial charge in [0.2, 0.25) is 5.88 Å². The van der Waals surface area contributed by atoms with Gasteiger partial charge in [0.05, 0.1) is 71.7 Å². The van der Waals surface area contributed by atoms with E-state index in [-0.39, 0.29) is 53.3 Å². The van der Waals surface area contributed by atoms with E-state index < -0.39 is 65.6 Å². The number of carbonyl (C=O) groups is 2. The zero-order valence-electron chi connectivity index (χ0n) is 28.8. The fraction of sp³-hybridized carbons (Fsp3) is 0.500. The third-order valence-electron chi connectivity index (χ3n) is 9.14. The van der Waals surface area contributed by atoms with Crippen molar-refractivity contribution in [1.82, 2.24) is 15.0 Å². The highest BCUT2D eigenvalue weighted by Gasteiger charge is 2.48. The summed E-state index contributed by atoms with van der Waals surface area (Å²) in [5, 5.41) is 9.53. The lowest BCUT2D eigenvalue weighted by Gasteiger charge is -2.46. The number of carbonyl (C=O) groups excluding carboxylic acids is 1. The minimum atomic E-state index is -5.04. The van der Waals surface area contributed by atoms with E-state index in [0.29, 0.717) is 44.1 Å². The molecule has 3 N–H and O–H groups in total. The van der Waals surface area contributed by atoms with Gasteiger partial charge in [-0.1, -0.05) is 6.92 Å². The number of hydrogen-bond donors (Lipinski definition) is 2. The number of rotatable bonds is 9. The number of nitrogens with two attached hydrogens (primary N) is 1. The molecule has 12 nitrogen and oxygen atoms in total. The standard InChI is InChI=1S/C34H38F6N6O6/c1-5-32(41)16-22(27-24(6-7-26(44-27)50-4)46(32)30(49)52-18-31(2,3)29(47)48)28-42-17-25(45-8-10-51-11-9-45)23(43-28)14-19-12-20(33(35,36)37)15-21(13-19)34(38,39)40/h6-7,12-13,15,17,22H,5,8-11,14,16,18,41H2,1-4H3,(H,47,48)/t22-,32+/m0/s1. The maximum absolute atomic E-state index is 13.8. The van der Waals surface area contributed by atoms with Crippen LogP contribution in [0.2, 0.25) is 0 Å². The van der Waals surface area contributed by atoms with E-state index in [2.05, 4.69) is 9.97 Å². The van der Waals surface area contributed by atoms with E-state index in [1.807, 2.05) is 4.90 Å². The van der Waals surface area contributed by atoms with Crippen molar-refractivity contribution in [2.45, 2.75) is 64.0 Å². The molecule has 2 atom stereocenters. The topological polar surface area (TPSA) is 153 Å². The van der Waals surface area contributed by atoms with E-state index in [0.717, 1.165) is 0 Å². The average molecular weight is 741 g/mol. The molecule has 282 valence electrons. The molecule has 0 radical (unpaired) electrons. The summed E-state index contributed by atoms with van der Waals surface area (Å²) in [5.74, 6) is -1.79. The van der Waals surface area contributed by atoms with Gasteiger partial charge in [0.25, 0.3) is 0 Å². The number of carboxylic acids is 1. The van der Waals surface area contributed by atoms with Crippen molar-refractivity contribution in [2.24, 2.45) is 11.1 Å². The predicted octanol–water partition coefficient (Wildman–Crippen LogP) is 6.00. The summed E-state index contributed by atoms with van der Waals surface area (Å²) in [6, 6.07) is 4.41. The molecule has 18 heteroatoms. The number of morpholine rings is 1. The van der Waals surface area contributed by atoms with E-state index in [1.54, 1.807) is 6.92 Å². The number of alkyl halides is 6. The second kappa shape index (κ2) is 14.4. The van der Waals surface area contributed by atoms with Crippen LogP contribution in [-0.2, 0) is 33.0 Å². The molecule has 0 unspecified atom stereocenters. The van der Waals surface area contributed by atoms with Gasteiger partial charge in [-0.25, -0.2) is 19.7 Å². The number of carboxylic acid groups (broad SMARTS) is 1. The number of anilines is 2. The van der Waals surface area contributed by atoms with Crippen LogP contribution >= 0.6 is 0 Å². The lowest BCUT2D eigenvalue weighted by atomic mass is 9.83. The maximum atomic E-state index is 13.8. The summed E-state index contributed by atoms with van der Waals surface area (Å²) in [6.07, 6.45) is -9.87. The van der Waals surface area contributed by atoms with Crippen LogP contribution in [0.5, 0.6) is 5.88 Å². The third-order valence-corrected chi connectivity index (χ3v) is 9.14. The van der Waals surface area contributed by atoms with Crippen LogP contribution in [0.15, 0.2) is 36.5 Å². The Bertz CT molecular complexity index is 1780. The molecule has 1 aromatic carbocycles. The van der Waals surface area contributed by atoms with Gasteiger partial charge < -0.3 is 30.0 Å². The zero-order chi connectivity index (χ0) is 38.2. The number of benzene rings is 1. The normalized spacial score (nSPS) is 19.6. The molecule has 52 heavy (non-hydrogen) atoms. The molecule has 1 amide bonds. The first-order valence-electron chi connectivity index (χ1n) is 16.3. The fourth-order valence-corrected chi connectivity index (χ4v) is 6.06. The summed E-state index contributed by atoms with van der Waals surface area (Å²) in [4.78, 5) is 42.3. The van der Waals surface area contributed by atoms with Crippen molar-refractivity contribution in [3.8, 4) is 5.88 Å². The second-order valence-corrected chi connectivity index (χ2v) is 13.3. The summed E-state index contributed by atoms with van der Waals surface area (Å²) >= 11 is 0. The largest absolute Gasteiger partial charge is 0.481 e. The smallest absolute Gasteiger partial charge is 0.416 e. The Kier molecular flexibility index (Phi) is 10.6. The first kappa shape index (κ1) is 38.5. The molecule has 0 spiro atoms. The van der Waals surface area contributed by atoms with Crippen molar-refractivity contribution < 1.29 is 55.2 Å². The maximum Gasteiger partial charge on any atom is 0.416 e. The number of aliphatic carboxylic acids is 1. The number of hydrogen-bond acceptors (Lipinski definition) is 10. The molecule has 5 rings (SSSR count). The fourth-order valence-electron chi connectivity index (χ4n) is 6.06.